The Morgan fingerprint density at radius 1 is 1.43 bits per heavy atom. The maximum Gasteiger partial charge on any atom is 0.227 e. The molecule has 0 aromatic carbocycles. The second-order valence-electron chi connectivity index (χ2n) is 6.20. The predicted molar refractivity (Wildman–Crippen MR) is 78.3 cm³/mol. The number of nitrogens with zero attached hydrogens (tertiary/aromatic N) is 2. The summed E-state index contributed by atoms with van der Waals surface area (Å²) in [6.45, 7) is 0.768. The summed E-state index contributed by atoms with van der Waals surface area (Å²) in [6.07, 6.45) is 6.42. The highest BCUT2D eigenvalue weighted by Crippen LogP contribution is 2.38. The second kappa shape index (κ2) is 5.84. The summed E-state index contributed by atoms with van der Waals surface area (Å²) in [6, 6.07) is 4.04. The number of piperidine rings is 1. The zero-order valence-electron chi connectivity index (χ0n) is 12.3. The van der Waals surface area contributed by atoms with Crippen LogP contribution >= 0.6 is 0 Å². The molecular formula is C16H21N3O2. The number of carbonyl (C=O) groups is 2. The van der Waals surface area contributed by atoms with E-state index in [2.05, 4.69) is 10.3 Å². The largest absolute Gasteiger partial charge is 0.356 e. The number of rotatable bonds is 3. The summed E-state index contributed by atoms with van der Waals surface area (Å²) in [5, 5.41) is 2.93. The number of pyridine rings is 1. The van der Waals surface area contributed by atoms with Gasteiger partial charge in [0.1, 0.15) is 0 Å². The molecule has 1 aromatic rings. The van der Waals surface area contributed by atoms with Gasteiger partial charge in [-0.2, -0.15) is 0 Å². The molecule has 21 heavy (non-hydrogen) atoms. The molecule has 0 unspecified atom stereocenters. The number of amides is 2. The number of fused-ring (bicyclic) bond motifs is 1. The van der Waals surface area contributed by atoms with Crippen LogP contribution in [0.3, 0.4) is 0 Å². The van der Waals surface area contributed by atoms with Crippen molar-refractivity contribution in [2.45, 2.75) is 31.7 Å². The standard InChI is InChI=1S/C16H21N3O2/c1-19(16(21)5-11-3-2-4-17-9-11)14-6-12-8-15(20)18-10-13(12)7-14/h2-4,9,12-14H,5-8,10H2,1H3,(H,18,20)/t12-,13+,14-/m0/s1. The lowest BCUT2D eigenvalue weighted by atomic mass is 9.89. The van der Waals surface area contributed by atoms with E-state index in [1.165, 1.54) is 0 Å². The molecule has 1 aromatic heterocycles. The summed E-state index contributed by atoms with van der Waals surface area (Å²) in [5.41, 5.74) is 0.946. The maximum atomic E-state index is 12.4. The Labute approximate surface area is 124 Å². The van der Waals surface area contributed by atoms with Crippen molar-refractivity contribution >= 4 is 11.8 Å². The topological polar surface area (TPSA) is 62.3 Å². The van der Waals surface area contributed by atoms with E-state index in [1.54, 1.807) is 12.4 Å². The lowest BCUT2D eigenvalue weighted by molar-refractivity contribution is -0.131. The van der Waals surface area contributed by atoms with Gasteiger partial charge in [0, 0.05) is 38.4 Å². The highest BCUT2D eigenvalue weighted by molar-refractivity contribution is 5.79. The third-order valence-corrected chi connectivity index (χ3v) is 4.84. The van der Waals surface area contributed by atoms with Crippen LogP contribution in [0.2, 0.25) is 0 Å². The van der Waals surface area contributed by atoms with Crippen LogP contribution in [0.4, 0.5) is 0 Å². The van der Waals surface area contributed by atoms with Crippen molar-refractivity contribution in [2.75, 3.05) is 13.6 Å². The van der Waals surface area contributed by atoms with Gasteiger partial charge < -0.3 is 10.2 Å². The van der Waals surface area contributed by atoms with E-state index in [-0.39, 0.29) is 17.9 Å². The van der Waals surface area contributed by atoms with Crippen molar-refractivity contribution in [3.63, 3.8) is 0 Å². The van der Waals surface area contributed by atoms with Crippen LogP contribution in [0, 0.1) is 11.8 Å². The Balaban J connectivity index is 1.59. The summed E-state index contributed by atoms with van der Waals surface area (Å²) < 4.78 is 0. The SMILES string of the molecule is CN(C(=O)Cc1cccnc1)[C@H]1C[C@H]2CC(=O)NC[C@H]2C1. The second-order valence-corrected chi connectivity index (χ2v) is 6.20. The van der Waals surface area contributed by atoms with Gasteiger partial charge in [0.2, 0.25) is 11.8 Å². The van der Waals surface area contributed by atoms with Gasteiger partial charge in [-0.25, -0.2) is 0 Å². The minimum Gasteiger partial charge on any atom is -0.356 e. The molecule has 1 aliphatic heterocycles. The molecule has 1 N–H and O–H groups in total. The molecule has 0 bridgehead atoms. The van der Waals surface area contributed by atoms with Crippen LogP contribution in [0.25, 0.3) is 0 Å². The van der Waals surface area contributed by atoms with Crippen molar-refractivity contribution in [3.05, 3.63) is 30.1 Å². The molecule has 112 valence electrons. The van der Waals surface area contributed by atoms with E-state index >= 15 is 0 Å². The molecule has 0 spiro atoms. The molecule has 5 heteroatoms. The number of aromatic nitrogens is 1. The molecule has 1 aliphatic carbocycles. The Kier molecular flexibility index (Phi) is 3.90. The van der Waals surface area contributed by atoms with Gasteiger partial charge in [-0.05, 0) is 36.3 Å². The van der Waals surface area contributed by atoms with Gasteiger partial charge in [-0.15, -0.1) is 0 Å². The van der Waals surface area contributed by atoms with E-state index in [1.807, 2.05) is 24.1 Å². The van der Waals surface area contributed by atoms with Crippen LogP contribution in [0.15, 0.2) is 24.5 Å². The normalized spacial score (nSPS) is 27.9. The van der Waals surface area contributed by atoms with Crippen LogP contribution in [0.5, 0.6) is 0 Å². The van der Waals surface area contributed by atoms with Crippen molar-refractivity contribution < 1.29 is 9.59 Å². The first kappa shape index (κ1) is 14.0. The van der Waals surface area contributed by atoms with Crippen LogP contribution in [0.1, 0.15) is 24.8 Å². The fourth-order valence-corrected chi connectivity index (χ4v) is 3.56. The smallest absolute Gasteiger partial charge is 0.227 e. The molecule has 2 fully saturated rings. The molecule has 5 nitrogen and oxygen atoms in total. The van der Waals surface area contributed by atoms with Crippen molar-refractivity contribution in [3.8, 4) is 0 Å². The predicted octanol–water partition coefficient (Wildman–Crippen LogP) is 0.997. The Morgan fingerprint density at radius 3 is 3.00 bits per heavy atom. The minimum atomic E-state index is 0.130. The molecule has 1 saturated carbocycles. The zero-order valence-corrected chi connectivity index (χ0v) is 12.3. The minimum absolute atomic E-state index is 0.130. The van der Waals surface area contributed by atoms with Crippen molar-refractivity contribution in [1.82, 2.24) is 15.2 Å². The molecule has 3 rings (SSSR count). The molecule has 2 aliphatic rings. The maximum absolute atomic E-state index is 12.4. The van der Waals surface area contributed by atoms with Gasteiger partial charge in [0.25, 0.3) is 0 Å². The fraction of sp³-hybridized carbons (Fsp3) is 0.562. The van der Waals surface area contributed by atoms with Gasteiger partial charge in [0.15, 0.2) is 0 Å². The summed E-state index contributed by atoms with van der Waals surface area (Å²) in [5.74, 6) is 1.26. The van der Waals surface area contributed by atoms with E-state index in [0.717, 1.165) is 24.9 Å². The summed E-state index contributed by atoms with van der Waals surface area (Å²) in [4.78, 5) is 29.8. The van der Waals surface area contributed by atoms with Gasteiger partial charge in [0.05, 0.1) is 6.42 Å². The third-order valence-electron chi connectivity index (χ3n) is 4.84. The first-order chi connectivity index (χ1) is 10.1. The molecule has 1 saturated heterocycles. The van der Waals surface area contributed by atoms with Crippen molar-refractivity contribution in [1.29, 1.82) is 0 Å². The highest BCUT2D eigenvalue weighted by Gasteiger charge is 2.40. The first-order valence-corrected chi connectivity index (χ1v) is 7.54. The monoisotopic (exact) mass is 287 g/mol. The Bertz CT molecular complexity index is 532. The number of nitrogens with one attached hydrogen (secondary N) is 1. The number of hydrogen-bond donors (Lipinski definition) is 1. The van der Waals surface area contributed by atoms with E-state index in [4.69, 9.17) is 0 Å². The van der Waals surface area contributed by atoms with Gasteiger partial charge in [-0.1, -0.05) is 6.07 Å². The average Bonchev–Trinajstić information content (AvgIpc) is 2.90. The van der Waals surface area contributed by atoms with E-state index in [9.17, 15) is 9.59 Å². The molecule has 2 heterocycles. The first-order valence-electron chi connectivity index (χ1n) is 7.54. The molecule has 0 radical (unpaired) electrons. The average molecular weight is 287 g/mol. The number of carbonyl (C=O) groups excluding carboxylic acids is 2. The number of likely N-dealkylation sites (N-methyl/N-ethyl adjacent to an activating group) is 1. The third kappa shape index (κ3) is 3.06. The lowest BCUT2D eigenvalue weighted by Gasteiger charge is -2.25. The lowest BCUT2D eigenvalue weighted by Crippen LogP contribution is -2.38. The highest BCUT2D eigenvalue weighted by atomic mass is 16.2. The van der Waals surface area contributed by atoms with Crippen LogP contribution in [-0.2, 0) is 16.0 Å². The Morgan fingerprint density at radius 2 is 2.24 bits per heavy atom. The molecule has 2 amide bonds. The van der Waals surface area contributed by atoms with Crippen LogP contribution < -0.4 is 5.32 Å². The summed E-state index contributed by atoms with van der Waals surface area (Å²) >= 11 is 0. The van der Waals surface area contributed by atoms with Crippen molar-refractivity contribution in [2.24, 2.45) is 11.8 Å². The van der Waals surface area contributed by atoms with Crippen LogP contribution in [-0.4, -0.2) is 41.3 Å². The Hall–Kier alpha value is -1.91. The van der Waals surface area contributed by atoms with E-state index in [0.29, 0.717) is 24.7 Å². The summed E-state index contributed by atoms with van der Waals surface area (Å²) in [7, 11) is 1.88. The van der Waals surface area contributed by atoms with E-state index < -0.39 is 0 Å². The van der Waals surface area contributed by atoms with Gasteiger partial charge in [-0.3, -0.25) is 14.6 Å². The molecular weight excluding hydrogens is 266 g/mol. The number of hydrogen-bond acceptors (Lipinski definition) is 3. The molecule has 3 atom stereocenters. The fourth-order valence-electron chi connectivity index (χ4n) is 3.56. The zero-order chi connectivity index (χ0) is 14.8. The van der Waals surface area contributed by atoms with Gasteiger partial charge >= 0.3 is 0 Å². The quantitative estimate of drug-likeness (QED) is 0.902.